The Bertz CT molecular complexity index is 435. The number of benzene rings is 1. The number of carbonyl (C=O) groups excluding carboxylic acids is 1. The SMILES string of the molecule is CCNC(=O)CNCc1ccc(C#N)cc1C. The van der Waals surface area contributed by atoms with E-state index in [2.05, 4.69) is 16.7 Å². The standard InChI is InChI=1S/C13H17N3O/c1-3-16-13(17)9-15-8-12-5-4-11(7-14)6-10(12)2/h4-6,15H,3,8-9H2,1-2H3,(H,16,17). The lowest BCUT2D eigenvalue weighted by molar-refractivity contribution is -0.120. The maximum absolute atomic E-state index is 11.2. The third-order valence-electron chi connectivity index (χ3n) is 2.45. The average Bonchev–Trinajstić information content (AvgIpc) is 2.31. The summed E-state index contributed by atoms with van der Waals surface area (Å²) in [5, 5.41) is 14.5. The summed E-state index contributed by atoms with van der Waals surface area (Å²) in [6.07, 6.45) is 0. The van der Waals surface area contributed by atoms with Crippen molar-refractivity contribution in [2.75, 3.05) is 13.1 Å². The molecule has 0 aliphatic rings. The second-order valence-electron chi connectivity index (χ2n) is 3.81. The van der Waals surface area contributed by atoms with Crippen molar-refractivity contribution in [2.45, 2.75) is 20.4 Å². The highest BCUT2D eigenvalue weighted by Crippen LogP contribution is 2.09. The van der Waals surface area contributed by atoms with E-state index in [1.165, 1.54) is 0 Å². The quantitative estimate of drug-likeness (QED) is 0.797. The molecule has 90 valence electrons. The lowest BCUT2D eigenvalue weighted by atomic mass is 10.1. The molecule has 0 unspecified atom stereocenters. The smallest absolute Gasteiger partial charge is 0.233 e. The van der Waals surface area contributed by atoms with Gasteiger partial charge in [0.05, 0.1) is 18.2 Å². The number of amides is 1. The number of hydrogen-bond donors (Lipinski definition) is 2. The average molecular weight is 231 g/mol. The van der Waals surface area contributed by atoms with Crippen molar-refractivity contribution in [2.24, 2.45) is 0 Å². The first-order valence-electron chi connectivity index (χ1n) is 5.64. The van der Waals surface area contributed by atoms with Crippen LogP contribution in [0.15, 0.2) is 18.2 Å². The van der Waals surface area contributed by atoms with E-state index >= 15 is 0 Å². The first-order valence-corrected chi connectivity index (χ1v) is 5.64. The highest BCUT2D eigenvalue weighted by Gasteiger charge is 2.02. The maximum Gasteiger partial charge on any atom is 0.233 e. The van der Waals surface area contributed by atoms with Crippen molar-refractivity contribution >= 4 is 5.91 Å². The third-order valence-corrected chi connectivity index (χ3v) is 2.45. The minimum Gasteiger partial charge on any atom is -0.355 e. The van der Waals surface area contributed by atoms with Gasteiger partial charge in [-0.05, 0) is 37.1 Å². The molecular formula is C13H17N3O. The third kappa shape index (κ3) is 4.25. The maximum atomic E-state index is 11.2. The second-order valence-corrected chi connectivity index (χ2v) is 3.81. The molecule has 0 spiro atoms. The first-order chi connectivity index (χ1) is 8.17. The molecular weight excluding hydrogens is 214 g/mol. The zero-order valence-corrected chi connectivity index (χ0v) is 10.2. The summed E-state index contributed by atoms with van der Waals surface area (Å²) in [4.78, 5) is 11.2. The van der Waals surface area contributed by atoms with Crippen LogP contribution in [-0.2, 0) is 11.3 Å². The van der Waals surface area contributed by atoms with Gasteiger partial charge in [0, 0.05) is 13.1 Å². The van der Waals surface area contributed by atoms with E-state index in [0.29, 0.717) is 25.2 Å². The fourth-order valence-corrected chi connectivity index (χ4v) is 1.53. The van der Waals surface area contributed by atoms with Gasteiger partial charge in [0.25, 0.3) is 0 Å². The highest BCUT2D eigenvalue weighted by molar-refractivity contribution is 5.77. The van der Waals surface area contributed by atoms with E-state index < -0.39 is 0 Å². The molecule has 0 saturated carbocycles. The summed E-state index contributed by atoms with van der Waals surface area (Å²) in [5.74, 6) is -0.00111. The van der Waals surface area contributed by atoms with E-state index in [0.717, 1.165) is 11.1 Å². The van der Waals surface area contributed by atoms with Gasteiger partial charge in [0.1, 0.15) is 0 Å². The summed E-state index contributed by atoms with van der Waals surface area (Å²) < 4.78 is 0. The van der Waals surface area contributed by atoms with Crippen LogP contribution in [0.5, 0.6) is 0 Å². The number of nitrogens with zero attached hydrogens (tertiary/aromatic N) is 1. The van der Waals surface area contributed by atoms with E-state index in [1.54, 1.807) is 6.07 Å². The molecule has 4 heteroatoms. The lowest BCUT2D eigenvalue weighted by Crippen LogP contribution is -2.33. The summed E-state index contributed by atoms with van der Waals surface area (Å²) in [7, 11) is 0. The molecule has 0 aromatic heterocycles. The molecule has 1 aromatic carbocycles. The number of carbonyl (C=O) groups is 1. The van der Waals surface area contributed by atoms with Crippen LogP contribution in [0.3, 0.4) is 0 Å². The Labute approximate surface area is 102 Å². The molecule has 17 heavy (non-hydrogen) atoms. The Morgan fingerprint density at radius 3 is 2.82 bits per heavy atom. The molecule has 0 aliphatic heterocycles. The van der Waals surface area contributed by atoms with Crippen LogP contribution in [0.25, 0.3) is 0 Å². The number of hydrogen-bond acceptors (Lipinski definition) is 3. The molecule has 1 rings (SSSR count). The number of likely N-dealkylation sites (N-methyl/N-ethyl adjacent to an activating group) is 1. The van der Waals surface area contributed by atoms with Crippen LogP contribution in [0, 0.1) is 18.3 Å². The Balaban J connectivity index is 2.47. The van der Waals surface area contributed by atoms with Crippen LogP contribution in [0.4, 0.5) is 0 Å². The van der Waals surface area contributed by atoms with Crippen molar-refractivity contribution in [3.8, 4) is 6.07 Å². The minimum absolute atomic E-state index is 0.00111. The van der Waals surface area contributed by atoms with E-state index in [-0.39, 0.29) is 5.91 Å². The molecule has 4 nitrogen and oxygen atoms in total. The Hall–Kier alpha value is -1.86. The van der Waals surface area contributed by atoms with Crippen LogP contribution < -0.4 is 10.6 Å². The van der Waals surface area contributed by atoms with Gasteiger partial charge >= 0.3 is 0 Å². The molecule has 0 radical (unpaired) electrons. The Morgan fingerprint density at radius 1 is 1.47 bits per heavy atom. The van der Waals surface area contributed by atoms with Gasteiger partial charge in [0.2, 0.25) is 5.91 Å². The summed E-state index contributed by atoms with van der Waals surface area (Å²) in [5.41, 5.74) is 2.83. The molecule has 0 heterocycles. The lowest BCUT2D eigenvalue weighted by Gasteiger charge is -2.08. The van der Waals surface area contributed by atoms with Gasteiger partial charge in [-0.2, -0.15) is 5.26 Å². The molecule has 1 amide bonds. The van der Waals surface area contributed by atoms with Gasteiger partial charge in [0.15, 0.2) is 0 Å². The van der Waals surface area contributed by atoms with Gasteiger partial charge < -0.3 is 10.6 Å². The molecule has 0 atom stereocenters. The van der Waals surface area contributed by atoms with Crippen molar-refractivity contribution in [1.82, 2.24) is 10.6 Å². The van der Waals surface area contributed by atoms with Gasteiger partial charge in [-0.1, -0.05) is 6.07 Å². The van der Waals surface area contributed by atoms with Crippen molar-refractivity contribution in [1.29, 1.82) is 5.26 Å². The predicted molar refractivity (Wildman–Crippen MR) is 66.3 cm³/mol. The van der Waals surface area contributed by atoms with Crippen molar-refractivity contribution < 1.29 is 4.79 Å². The van der Waals surface area contributed by atoms with Crippen molar-refractivity contribution in [3.63, 3.8) is 0 Å². The zero-order chi connectivity index (χ0) is 12.7. The highest BCUT2D eigenvalue weighted by atomic mass is 16.1. The van der Waals surface area contributed by atoms with Crippen LogP contribution in [0.2, 0.25) is 0 Å². The minimum atomic E-state index is -0.00111. The normalized spacial score (nSPS) is 9.71. The molecule has 1 aromatic rings. The van der Waals surface area contributed by atoms with Crippen molar-refractivity contribution in [3.05, 3.63) is 34.9 Å². The first kappa shape index (κ1) is 13.2. The Kier molecular flexibility index (Phi) is 5.18. The second kappa shape index (κ2) is 6.66. The fourth-order valence-electron chi connectivity index (χ4n) is 1.53. The summed E-state index contributed by atoms with van der Waals surface area (Å²) >= 11 is 0. The molecule has 0 fully saturated rings. The largest absolute Gasteiger partial charge is 0.355 e. The van der Waals surface area contributed by atoms with Gasteiger partial charge in [-0.15, -0.1) is 0 Å². The molecule has 0 aliphatic carbocycles. The zero-order valence-electron chi connectivity index (χ0n) is 10.2. The van der Waals surface area contributed by atoms with E-state index in [9.17, 15) is 4.79 Å². The van der Waals surface area contributed by atoms with Crippen LogP contribution in [0.1, 0.15) is 23.6 Å². The topological polar surface area (TPSA) is 64.9 Å². The summed E-state index contributed by atoms with van der Waals surface area (Å²) in [6, 6.07) is 7.65. The number of nitrogens with one attached hydrogen (secondary N) is 2. The molecule has 2 N–H and O–H groups in total. The summed E-state index contributed by atoms with van der Waals surface area (Å²) in [6.45, 7) is 5.45. The molecule has 0 bridgehead atoms. The van der Waals surface area contributed by atoms with Gasteiger partial charge in [-0.25, -0.2) is 0 Å². The number of nitriles is 1. The molecule has 0 saturated heterocycles. The van der Waals surface area contributed by atoms with E-state index in [1.807, 2.05) is 26.0 Å². The monoisotopic (exact) mass is 231 g/mol. The Morgan fingerprint density at radius 2 is 2.24 bits per heavy atom. The van der Waals surface area contributed by atoms with Crippen LogP contribution in [-0.4, -0.2) is 19.0 Å². The van der Waals surface area contributed by atoms with Gasteiger partial charge in [-0.3, -0.25) is 4.79 Å². The van der Waals surface area contributed by atoms with E-state index in [4.69, 9.17) is 5.26 Å². The predicted octanol–water partition coefficient (Wildman–Crippen LogP) is 1.09. The number of aryl methyl sites for hydroxylation is 1. The fraction of sp³-hybridized carbons (Fsp3) is 0.385. The number of rotatable bonds is 5. The van der Waals surface area contributed by atoms with Crippen LogP contribution >= 0.6 is 0 Å².